The van der Waals surface area contributed by atoms with Gasteiger partial charge in [0.2, 0.25) is 0 Å². The molecule has 2 rings (SSSR count). The molecule has 17 heavy (non-hydrogen) atoms. The molecule has 0 radical (unpaired) electrons. The van der Waals surface area contributed by atoms with Crippen molar-refractivity contribution < 1.29 is 0 Å². The van der Waals surface area contributed by atoms with Crippen molar-refractivity contribution in [1.82, 2.24) is 5.32 Å². The Bertz CT molecular complexity index is 350. The molecule has 1 heterocycles. The molecule has 94 valence electrons. The minimum Gasteiger partial charge on any atom is -0.309 e. The van der Waals surface area contributed by atoms with Crippen LogP contribution in [0.5, 0.6) is 0 Å². The van der Waals surface area contributed by atoms with Crippen molar-refractivity contribution in [3.8, 4) is 0 Å². The molecule has 1 aromatic carbocycles. The highest BCUT2D eigenvalue weighted by molar-refractivity contribution is 9.10. The van der Waals surface area contributed by atoms with Crippen LogP contribution in [0.2, 0.25) is 0 Å². The molecule has 1 aromatic rings. The molecule has 1 nitrogen and oxygen atoms in total. The SMILES string of the molecule is CC(NCC1CCCCS1)c1cccc(Br)c1. The van der Waals surface area contributed by atoms with Crippen LogP contribution in [0.15, 0.2) is 28.7 Å². The van der Waals surface area contributed by atoms with E-state index in [0.29, 0.717) is 6.04 Å². The molecule has 0 aromatic heterocycles. The Balaban J connectivity index is 1.82. The number of nitrogens with one attached hydrogen (secondary N) is 1. The summed E-state index contributed by atoms with van der Waals surface area (Å²) in [5.41, 5.74) is 1.36. The van der Waals surface area contributed by atoms with Gasteiger partial charge in [-0.05, 0) is 43.2 Å². The van der Waals surface area contributed by atoms with E-state index in [4.69, 9.17) is 0 Å². The first-order valence-corrected chi connectivity index (χ1v) is 8.20. The van der Waals surface area contributed by atoms with Crippen LogP contribution >= 0.6 is 27.7 Å². The molecule has 1 fully saturated rings. The van der Waals surface area contributed by atoms with Crippen molar-refractivity contribution >= 4 is 27.7 Å². The standard InChI is InChI=1S/C14H20BrNS/c1-11(12-5-4-6-13(15)9-12)16-10-14-7-2-3-8-17-14/h4-6,9,11,14,16H,2-3,7-8,10H2,1H3. The lowest BCUT2D eigenvalue weighted by molar-refractivity contribution is 0.538. The molecule has 0 amide bonds. The molecule has 0 bridgehead atoms. The zero-order chi connectivity index (χ0) is 12.1. The number of thioether (sulfide) groups is 1. The van der Waals surface area contributed by atoms with E-state index >= 15 is 0 Å². The van der Waals surface area contributed by atoms with Crippen LogP contribution in [0.1, 0.15) is 37.8 Å². The van der Waals surface area contributed by atoms with Gasteiger partial charge in [-0.1, -0.05) is 34.5 Å². The molecular formula is C14H20BrNS. The second-order valence-corrected chi connectivity index (χ2v) is 7.00. The Morgan fingerprint density at radius 1 is 1.47 bits per heavy atom. The molecule has 1 saturated heterocycles. The first kappa shape index (κ1) is 13.4. The Morgan fingerprint density at radius 2 is 2.35 bits per heavy atom. The summed E-state index contributed by atoms with van der Waals surface area (Å²) in [6, 6.07) is 9.01. The lowest BCUT2D eigenvalue weighted by atomic mass is 10.1. The van der Waals surface area contributed by atoms with Gasteiger partial charge in [0.25, 0.3) is 0 Å². The van der Waals surface area contributed by atoms with E-state index in [1.165, 1.54) is 30.6 Å². The zero-order valence-electron chi connectivity index (χ0n) is 10.3. The van der Waals surface area contributed by atoms with Gasteiger partial charge in [0.1, 0.15) is 0 Å². The Hall–Kier alpha value is 0.01000. The quantitative estimate of drug-likeness (QED) is 0.885. The predicted octanol–water partition coefficient (Wildman–Crippen LogP) is 4.39. The van der Waals surface area contributed by atoms with Crippen LogP contribution in [0.3, 0.4) is 0 Å². The summed E-state index contributed by atoms with van der Waals surface area (Å²) in [6.07, 6.45) is 4.19. The van der Waals surface area contributed by atoms with Crippen molar-refractivity contribution in [3.05, 3.63) is 34.3 Å². The van der Waals surface area contributed by atoms with E-state index in [1.807, 2.05) is 0 Å². The monoisotopic (exact) mass is 313 g/mol. The number of benzene rings is 1. The number of hydrogen-bond donors (Lipinski definition) is 1. The second-order valence-electron chi connectivity index (χ2n) is 4.67. The summed E-state index contributed by atoms with van der Waals surface area (Å²) >= 11 is 5.66. The molecule has 0 spiro atoms. The molecule has 1 aliphatic heterocycles. The summed E-state index contributed by atoms with van der Waals surface area (Å²) in [4.78, 5) is 0. The molecule has 3 heteroatoms. The second kappa shape index (κ2) is 6.81. The van der Waals surface area contributed by atoms with Crippen LogP contribution in [0.4, 0.5) is 0 Å². The van der Waals surface area contributed by atoms with Crippen LogP contribution in [0, 0.1) is 0 Å². The largest absolute Gasteiger partial charge is 0.309 e. The molecule has 2 unspecified atom stereocenters. The summed E-state index contributed by atoms with van der Waals surface area (Å²) in [5.74, 6) is 1.34. The van der Waals surface area contributed by atoms with E-state index in [-0.39, 0.29) is 0 Å². The molecule has 0 aliphatic carbocycles. The Labute approximate surface area is 117 Å². The van der Waals surface area contributed by atoms with E-state index in [1.54, 1.807) is 0 Å². The van der Waals surface area contributed by atoms with E-state index in [0.717, 1.165) is 16.3 Å². The minimum atomic E-state index is 0.440. The van der Waals surface area contributed by atoms with Crippen LogP contribution in [-0.4, -0.2) is 17.5 Å². The molecule has 0 saturated carbocycles. The summed E-state index contributed by atoms with van der Waals surface area (Å²) in [5, 5.41) is 4.47. The van der Waals surface area contributed by atoms with Crippen molar-refractivity contribution in [3.63, 3.8) is 0 Å². The fraction of sp³-hybridized carbons (Fsp3) is 0.571. The van der Waals surface area contributed by atoms with Gasteiger partial charge < -0.3 is 5.32 Å². The maximum atomic E-state index is 3.65. The number of rotatable bonds is 4. The third kappa shape index (κ3) is 4.31. The normalized spacial score (nSPS) is 22.4. The summed E-state index contributed by atoms with van der Waals surface area (Å²) in [6.45, 7) is 3.38. The fourth-order valence-corrected chi connectivity index (χ4v) is 3.84. The van der Waals surface area contributed by atoms with Gasteiger partial charge in [0.05, 0.1) is 0 Å². The lowest BCUT2D eigenvalue weighted by Gasteiger charge is -2.24. The van der Waals surface area contributed by atoms with Crippen molar-refractivity contribution in [2.24, 2.45) is 0 Å². The van der Waals surface area contributed by atoms with Crippen molar-refractivity contribution in [2.75, 3.05) is 12.3 Å². The minimum absolute atomic E-state index is 0.440. The van der Waals surface area contributed by atoms with Crippen LogP contribution in [-0.2, 0) is 0 Å². The van der Waals surface area contributed by atoms with E-state index in [9.17, 15) is 0 Å². The van der Waals surface area contributed by atoms with Crippen molar-refractivity contribution in [2.45, 2.75) is 37.5 Å². The first-order valence-electron chi connectivity index (χ1n) is 6.36. The van der Waals surface area contributed by atoms with Crippen LogP contribution in [0.25, 0.3) is 0 Å². The topological polar surface area (TPSA) is 12.0 Å². The van der Waals surface area contributed by atoms with Gasteiger partial charge in [0, 0.05) is 22.3 Å². The average molecular weight is 314 g/mol. The fourth-order valence-electron chi connectivity index (χ4n) is 2.17. The highest BCUT2D eigenvalue weighted by Crippen LogP contribution is 2.25. The van der Waals surface area contributed by atoms with Gasteiger partial charge in [-0.25, -0.2) is 0 Å². The van der Waals surface area contributed by atoms with E-state index in [2.05, 4.69) is 64.2 Å². The third-order valence-corrected chi connectivity index (χ3v) is 5.17. The number of halogens is 1. The lowest BCUT2D eigenvalue weighted by Crippen LogP contribution is -2.28. The Morgan fingerprint density at radius 3 is 3.06 bits per heavy atom. The highest BCUT2D eigenvalue weighted by Gasteiger charge is 2.15. The van der Waals surface area contributed by atoms with Gasteiger partial charge in [-0.3, -0.25) is 0 Å². The maximum absolute atomic E-state index is 3.65. The third-order valence-electron chi connectivity index (χ3n) is 3.27. The highest BCUT2D eigenvalue weighted by atomic mass is 79.9. The van der Waals surface area contributed by atoms with Gasteiger partial charge in [-0.2, -0.15) is 11.8 Å². The van der Waals surface area contributed by atoms with E-state index < -0.39 is 0 Å². The van der Waals surface area contributed by atoms with Crippen LogP contribution < -0.4 is 5.32 Å². The predicted molar refractivity (Wildman–Crippen MR) is 80.7 cm³/mol. The van der Waals surface area contributed by atoms with Crippen molar-refractivity contribution in [1.29, 1.82) is 0 Å². The first-order chi connectivity index (χ1) is 8.25. The summed E-state index contributed by atoms with van der Waals surface area (Å²) < 4.78 is 1.16. The Kier molecular flexibility index (Phi) is 5.39. The van der Waals surface area contributed by atoms with Gasteiger partial charge >= 0.3 is 0 Å². The average Bonchev–Trinajstić information content (AvgIpc) is 2.37. The molecule has 2 atom stereocenters. The number of hydrogen-bond acceptors (Lipinski definition) is 2. The van der Waals surface area contributed by atoms with Gasteiger partial charge in [0.15, 0.2) is 0 Å². The molecule has 1 aliphatic rings. The molecular weight excluding hydrogens is 294 g/mol. The molecule has 1 N–H and O–H groups in total. The van der Waals surface area contributed by atoms with Gasteiger partial charge in [-0.15, -0.1) is 0 Å². The maximum Gasteiger partial charge on any atom is 0.0292 e. The summed E-state index contributed by atoms with van der Waals surface area (Å²) in [7, 11) is 0. The zero-order valence-corrected chi connectivity index (χ0v) is 12.7. The smallest absolute Gasteiger partial charge is 0.0292 e.